The first-order valence-corrected chi connectivity index (χ1v) is 8.96. The molecule has 2 aliphatic rings. The molecule has 27 heavy (non-hydrogen) atoms. The topological polar surface area (TPSA) is 55.8 Å². The Morgan fingerprint density at radius 2 is 1.85 bits per heavy atom. The molecule has 1 fully saturated rings. The molecule has 1 atom stereocenters. The van der Waals surface area contributed by atoms with Crippen molar-refractivity contribution in [1.82, 2.24) is 0 Å². The Balaban J connectivity index is 0.000000390. The van der Waals surface area contributed by atoms with E-state index < -0.39 is 0 Å². The number of aromatic hydroxyl groups is 1. The maximum Gasteiger partial charge on any atom is 0.293 e. The number of rotatable bonds is 5. The summed E-state index contributed by atoms with van der Waals surface area (Å²) >= 11 is 0. The van der Waals surface area contributed by atoms with E-state index in [9.17, 15) is 14.3 Å². The van der Waals surface area contributed by atoms with Gasteiger partial charge in [0, 0.05) is 11.1 Å². The van der Waals surface area contributed by atoms with E-state index >= 15 is 0 Å². The minimum Gasteiger partial charge on any atom is -0.508 e. The molecule has 4 rings (SSSR count). The fraction of sp³-hybridized carbons (Fsp3) is 0.409. The summed E-state index contributed by atoms with van der Waals surface area (Å²) < 4.78 is 24.1. The Kier molecular flexibility index (Phi) is 7.22. The summed E-state index contributed by atoms with van der Waals surface area (Å²) in [4.78, 5) is 9.18. The van der Waals surface area contributed by atoms with Crippen LogP contribution in [0.15, 0.2) is 36.4 Å². The SMILES string of the molecule is C.CCOC=O.Oc1ccc(F)c2c1CCC2Oc1ccc(C2CC2)cc1. The Hall–Kier alpha value is -2.56. The van der Waals surface area contributed by atoms with Crippen molar-refractivity contribution >= 4 is 6.47 Å². The summed E-state index contributed by atoms with van der Waals surface area (Å²) in [7, 11) is 0. The third kappa shape index (κ3) is 5.00. The van der Waals surface area contributed by atoms with E-state index in [0.29, 0.717) is 37.0 Å². The van der Waals surface area contributed by atoms with Crippen LogP contribution in [0.2, 0.25) is 0 Å². The molecule has 0 amide bonds. The number of hydrogen-bond donors (Lipinski definition) is 1. The second-order valence-corrected chi connectivity index (χ2v) is 6.50. The number of hydrogen-bond acceptors (Lipinski definition) is 4. The third-order valence-electron chi connectivity index (χ3n) is 4.70. The van der Waals surface area contributed by atoms with Crippen LogP contribution in [0.1, 0.15) is 62.3 Å². The van der Waals surface area contributed by atoms with Gasteiger partial charge >= 0.3 is 0 Å². The molecule has 1 unspecified atom stereocenters. The van der Waals surface area contributed by atoms with Crippen LogP contribution < -0.4 is 4.74 Å². The molecular formula is C22H27FO4. The fourth-order valence-electron chi connectivity index (χ4n) is 3.24. The van der Waals surface area contributed by atoms with E-state index in [2.05, 4.69) is 16.9 Å². The second kappa shape index (κ2) is 9.40. The highest BCUT2D eigenvalue weighted by Crippen LogP contribution is 2.42. The molecule has 0 radical (unpaired) electrons. The van der Waals surface area contributed by atoms with Crippen LogP contribution in [0.25, 0.3) is 0 Å². The van der Waals surface area contributed by atoms with Crippen LogP contribution in [0.4, 0.5) is 4.39 Å². The van der Waals surface area contributed by atoms with Gasteiger partial charge < -0.3 is 14.6 Å². The number of phenolic OH excluding ortho intramolecular Hbond substituents is 1. The van der Waals surface area contributed by atoms with Gasteiger partial charge in [-0.3, -0.25) is 4.79 Å². The molecule has 0 bridgehead atoms. The first kappa shape index (κ1) is 20.7. The average molecular weight is 374 g/mol. The zero-order chi connectivity index (χ0) is 18.5. The van der Waals surface area contributed by atoms with Crippen molar-refractivity contribution in [3.8, 4) is 11.5 Å². The molecule has 0 heterocycles. The minimum absolute atomic E-state index is 0. The molecule has 4 nitrogen and oxygen atoms in total. The van der Waals surface area contributed by atoms with Gasteiger partial charge in [-0.05, 0) is 68.4 Å². The Bertz CT molecular complexity index is 754. The molecule has 2 aromatic rings. The molecule has 0 aromatic heterocycles. The van der Waals surface area contributed by atoms with E-state index in [0.717, 1.165) is 11.7 Å². The second-order valence-electron chi connectivity index (χ2n) is 6.50. The van der Waals surface area contributed by atoms with Crippen molar-refractivity contribution < 1.29 is 23.8 Å². The van der Waals surface area contributed by atoms with E-state index in [-0.39, 0.29) is 25.1 Å². The van der Waals surface area contributed by atoms with Crippen molar-refractivity contribution in [1.29, 1.82) is 0 Å². The smallest absolute Gasteiger partial charge is 0.293 e. The normalized spacial score (nSPS) is 17.0. The summed E-state index contributed by atoms with van der Waals surface area (Å²) in [6, 6.07) is 10.9. The number of fused-ring (bicyclic) bond motifs is 1. The van der Waals surface area contributed by atoms with E-state index in [1.165, 1.54) is 30.5 Å². The van der Waals surface area contributed by atoms with Gasteiger partial charge in [-0.1, -0.05) is 19.6 Å². The maximum absolute atomic E-state index is 14.0. The van der Waals surface area contributed by atoms with Crippen LogP contribution in [0.5, 0.6) is 11.5 Å². The lowest BCUT2D eigenvalue weighted by molar-refractivity contribution is -0.128. The number of benzene rings is 2. The summed E-state index contributed by atoms with van der Waals surface area (Å²) in [6.07, 6.45) is 3.61. The van der Waals surface area contributed by atoms with Crippen LogP contribution in [-0.4, -0.2) is 18.2 Å². The maximum atomic E-state index is 14.0. The number of halogens is 1. The Labute approximate surface area is 159 Å². The van der Waals surface area contributed by atoms with E-state index in [4.69, 9.17) is 4.74 Å². The quantitative estimate of drug-likeness (QED) is 0.723. The first-order chi connectivity index (χ1) is 12.6. The monoisotopic (exact) mass is 374 g/mol. The first-order valence-electron chi connectivity index (χ1n) is 8.96. The van der Waals surface area contributed by atoms with Crippen LogP contribution >= 0.6 is 0 Å². The minimum atomic E-state index is -0.307. The number of carbonyl (C=O) groups excluding carboxylic acids is 1. The van der Waals surface area contributed by atoms with Gasteiger partial charge in [0.25, 0.3) is 6.47 Å². The van der Waals surface area contributed by atoms with E-state index in [1.807, 2.05) is 12.1 Å². The number of phenols is 1. The van der Waals surface area contributed by atoms with Crippen LogP contribution in [0.3, 0.4) is 0 Å². The van der Waals surface area contributed by atoms with Crippen LogP contribution in [-0.2, 0) is 16.0 Å². The third-order valence-corrected chi connectivity index (χ3v) is 4.70. The highest BCUT2D eigenvalue weighted by molar-refractivity contribution is 5.45. The summed E-state index contributed by atoms with van der Waals surface area (Å²) in [6.45, 7) is 2.66. The summed E-state index contributed by atoms with van der Waals surface area (Å²) in [5.41, 5.74) is 2.56. The molecule has 2 aliphatic carbocycles. The highest BCUT2D eigenvalue weighted by Gasteiger charge is 2.30. The van der Waals surface area contributed by atoms with Crippen molar-refractivity contribution in [2.24, 2.45) is 0 Å². The fourth-order valence-corrected chi connectivity index (χ4v) is 3.24. The Morgan fingerprint density at radius 1 is 1.15 bits per heavy atom. The molecule has 0 spiro atoms. The highest BCUT2D eigenvalue weighted by atomic mass is 19.1. The molecule has 0 aliphatic heterocycles. The molecule has 146 valence electrons. The zero-order valence-electron chi connectivity index (χ0n) is 14.8. The molecule has 0 saturated heterocycles. The number of ether oxygens (including phenoxy) is 2. The molecule has 2 aromatic carbocycles. The van der Waals surface area contributed by atoms with Crippen molar-refractivity contribution in [2.45, 2.75) is 52.1 Å². The summed E-state index contributed by atoms with van der Waals surface area (Å²) in [5.74, 6) is 1.36. The van der Waals surface area contributed by atoms with Gasteiger partial charge in [0.2, 0.25) is 0 Å². The molecule has 1 N–H and O–H groups in total. The number of carbonyl (C=O) groups is 1. The molecular weight excluding hydrogens is 347 g/mol. The summed E-state index contributed by atoms with van der Waals surface area (Å²) in [5, 5.41) is 9.82. The van der Waals surface area contributed by atoms with Gasteiger partial charge in [0.05, 0.1) is 6.61 Å². The van der Waals surface area contributed by atoms with Crippen molar-refractivity contribution in [2.75, 3.05) is 6.61 Å². The Morgan fingerprint density at radius 3 is 2.41 bits per heavy atom. The lowest BCUT2D eigenvalue weighted by Crippen LogP contribution is -2.05. The van der Waals surface area contributed by atoms with Gasteiger partial charge in [0.15, 0.2) is 0 Å². The lowest BCUT2D eigenvalue weighted by Gasteiger charge is -2.16. The van der Waals surface area contributed by atoms with Gasteiger partial charge in [-0.2, -0.15) is 0 Å². The van der Waals surface area contributed by atoms with E-state index in [1.54, 1.807) is 6.92 Å². The average Bonchev–Trinajstić information content (AvgIpc) is 3.41. The van der Waals surface area contributed by atoms with Crippen molar-refractivity contribution in [3.05, 3.63) is 58.9 Å². The zero-order valence-corrected chi connectivity index (χ0v) is 14.8. The predicted octanol–water partition coefficient (Wildman–Crippen LogP) is 5.29. The largest absolute Gasteiger partial charge is 0.508 e. The lowest BCUT2D eigenvalue weighted by atomic mass is 10.1. The molecule has 1 saturated carbocycles. The molecule has 5 heteroatoms. The van der Waals surface area contributed by atoms with Gasteiger partial charge in [-0.15, -0.1) is 0 Å². The van der Waals surface area contributed by atoms with Crippen molar-refractivity contribution in [3.63, 3.8) is 0 Å². The van der Waals surface area contributed by atoms with Gasteiger partial charge in [0.1, 0.15) is 23.4 Å². The van der Waals surface area contributed by atoms with Gasteiger partial charge in [-0.25, -0.2) is 4.39 Å². The predicted molar refractivity (Wildman–Crippen MR) is 103 cm³/mol. The van der Waals surface area contributed by atoms with Crippen LogP contribution in [0, 0.1) is 5.82 Å². The standard InChI is InChI=1S/C18H17FO2.C3H6O2.CH4/c19-15-8-9-16(20)14-7-10-17(18(14)15)21-13-5-3-12(4-6-13)11-1-2-11;1-2-5-3-4;/h3-6,8-9,11,17,20H,1-2,7,10H2;3H,2H2,1H3;1H4.